The first-order valence-corrected chi connectivity index (χ1v) is 9.52. The number of hydrogen-bond acceptors (Lipinski definition) is 4. The van der Waals surface area contributed by atoms with E-state index >= 15 is 0 Å². The van der Waals surface area contributed by atoms with Gasteiger partial charge in [0.2, 0.25) is 0 Å². The van der Waals surface area contributed by atoms with Gasteiger partial charge in [0, 0.05) is 27.2 Å². The van der Waals surface area contributed by atoms with Crippen molar-refractivity contribution >= 4 is 41.0 Å². The molecule has 5 heterocycles. The van der Waals surface area contributed by atoms with Crippen molar-refractivity contribution in [2.45, 2.75) is 25.8 Å². The van der Waals surface area contributed by atoms with Crippen LogP contribution >= 0.6 is 35.1 Å². The van der Waals surface area contributed by atoms with Gasteiger partial charge in [0.1, 0.15) is 0 Å². The van der Waals surface area contributed by atoms with Gasteiger partial charge in [-0.3, -0.25) is 4.79 Å². The third-order valence-electron chi connectivity index (χ3n) is 4.79. The lowest BCUT2D eigenvalue weighted by atomic mass is 9.84. The number of amides is 1. The molecule has 0 spiro atoms. The molecule has 1 atom stereocenters. The van der Waals surface area contributed by atoms with E-state index in [2.05, 4.69) is 35.3 Å². The minimum atomic E-state index is 0. The lowest BCUT2D eigenvalue weighted by Gasteiger charge is -2.44. The van der Waals surface area contributed by atoms with Crippen LogP contribution in [-0.4, -0.2) is 36.5 Å². The SMILES string of the molecule is Cc1ccc(-c2ccc(C(=O)N[C@H]3CN4CCC3CC4)s2)s1.Cl. The van der Waals surface area contributed by atoms with Crippen LogP contribution in [0.5, 0.6) is 0 Å². The number of aryl methyl sites for hydroxylation is 1. The first-order valence-electron chi connectivity index (χ1n) is 7.89. The molecule has 2 bridgehead atoms. The molecule has 6 heteroatoms. The molecule has 2 aromatic heterocycles. The molecular formula is C17H21ClN2OS2. The summed E-state index contributed by atoms with van der Waals surface area (Å²) in [6, 6.07) is 8.64. The highest BCUT2D eigenvalue weighted by atomic mass is 35.5. The van der Waals surface area contributed by atoms with Gasteiger partial charge in [-0.1, -0.05) is 0 Å². The third kappa shape index (κ3) is 3.48. The fourth-order valence-corrected chi connectivity index (χ4v) is 5.39. The average molecular weight is 369 g/mol. The molecule has 3 fully saturated rings. The van der Waals surface area contributed by atoms with E-state index in [1.807, 2.05) is 6.07 Å². The number of rotatable bonds is 3. The lowest BCUT2D eigenvalue weighted by Crippen LogP contribution is -2.57. The summed E-state index contributed by atoms with van der Waals surface area (Å²) in [6.07, 6.45) is 2.46. The van der Waals surface area contributed by atoms with Crippen molar-refractivity contribution in [2.75, 3.05) is 19.6 Å². The number of carbonyl (C=O) groups excluding carboxylic acids is 1. The van der Waals surface area contributed by atoms with Gasteiger partial charge in [0.15, 0.2) is 0 Å². The van der Waals surface area contributed by atoms with Gasteiger partial charge in [0.05, 0.1) is 4.88 Å². The average Bonchev–Trinajstić information content (AvgIpc) is 3.17. The normalized spacial score (nSPS) is 25.9. The van der Waals surface area contributed by atoms with Gasteiger partial charge in [-0.2, -0.15) is 0 Å². The van der Waals surface area contributed by atoms with Crippen LogP contribution in [-0.2, 0) is 0 Å². The van der Waals surface area contributed by atoms with Crippen LogP contribution in [0.3, 0.4) is 0 Å². The Morgan fingerprint density at radius 3 is 2.43 bits per heavy atom. The van der Waals surface area contributed by atoms with Crippen molar-refractivity contribution in [2.24, 2.45) is 5.92 Å². The molecule has 3 saturated heterocycles. The number of carbonyl (C=O) groups is 1. The van der Waals surface area contributed by atoms with Gasteiger partial charge < -0.3 is 10.2 Å². The van der Waals surface area contributed by atoms with E-state index in [0.29, 0.717) is 12.0 Å². The molecule has 1 N–H and O–H groups in total. The highest BCUT2D eigenvalue weighted by Crippen LogP contribution is 2.34. The summed E-state index contributed by atoms with van der Waals surface area (Å²) in [5.41, 5.74) is 0. The topological polar surface area (TPSA) is 32.3 Å². The zero-order chi connectivity index (χ0) is 15.1. The first kappa shape index (κ1) is 17.0. The minimum absolute atomic E-state index is 0. The van der Waals surface area contributed by atoms with Crippen molar-refractivity contribution in [1.29, 1.82) is 0 Å². The van der Waals surface area contributed by atoms with Crippen LogP contribution in [0, 0.1) is 12.8 Å². The maximum atomic E-state index is 12.5. The molecule has 5 rings (SSSR count). The van der Waals surface area contributed by atoms with Crippen molar-refractivity contribution in [3.05, 3.63) is 34.0 Å². The number of nitrogens with one attached hydrogen (secondary N) is 1. The van der Waals surface area contributed by atoms with Crippen LogP contribution < -0.4 is 5.32 Å². The molecule has 3 nitrogen and oxygen atoms in total. The van der Waals surface area contributed by atoms with Crippen LogP contribution in [0.25, 0.3) is 9.75 Å². The molecule has 0 aliphatic carbocycles. The van der Waals surface area contributed by atoms with E-state index in [-0.39, 0.29) is 18.3 Å². The summed E-state index contributed by atoms with van der Waals surface area (Å²) in [4.78, 5) is 19.6. The van der Waals surface area contributed by atoms with Gasteiger partial charge in [-0.05, 0) is 63.0 Å². The predicted molar refractivity (Wildman–Crippen MR) is 100 cm³/mol. The smallest absolute Gasteiger partial charge is 0.261 e. The Hall–Kier alpha value is -0.880. The minimum Gasteiger partial charge on any atom is -0.347 e. The van der Waals surface area contributed by atoms with E-state index in [1.54, 1.807) is 22.7 Å². The summed E-state index contributed by atoms with van der Waals surface area (Å²) in [5, 5.41) is 3.27. The monoisotopic (exact) mass is 368 g/mol. The zero-order valence-corrected chi connectivity index (χ0v) is 15.5. The van der Waals surface area contributed by atoms with Crippen LogP contribution in [0.2, 0.25) is 0 Å². The van der Waals surface area contributed by atoms with Crippen LogP contribution in [0.1, 0.15) is 27.4 Å². The van der Waals surface area contributed by atoms with E-state index < -0.39 is 0 Å². The Kier molecular flexibility index (Phi) is 5.11. The molecule has 0 aromatic carbocycles. The van der Waals surface area contributed by atoms with Crippen molar-refractivity contribution in [3.63, 3.8) is 0 Å². The number of halogens is 1. The third-order valence-corrected chi connectivity index (χ3v) is 7.07. The fourth-order valence-electron chi connectivity index (χ4n) is 3.53. The largest absolute Gasteiger partial charge is 0.347 e. The number of hydrogen-bond donors (Lipinski definition) is 1. The predicted octanol–water partition coefficient (Wildman–Crippen LogP) is 4.03. The molecule has 0 radical (unpaired) electrons. The summed E-state index contributed by atoms with van der Waals surface area (Å²) >= 11 is 3.38. The van der Waals surface area contributed by atoms with Gasteiger partial charge >= 0.3 is 0 Å². The Balaban J connectivity index is 0.00000156. The molecule has 23 heavy (non-hydrogen) atoms. The number of fused-ring (bicyclic) bond motifs is 3. The molecule has 1 amide bonds. The van der Waals surface area contributed by atoms with Crippen LogP contribution in [0.4, 0.5) is 0 Å². The molecular weight excluding hydrogens is 348 g/mol. The Labute approximate surface area is 151 Å². The number of nitrogens with zero attached hydrogens (tertiary/aromatic N) is 1. The molecule has 0 unspecified atom stereocenters. The molecule has 0 saturated carbocycles. The Bertz CT molecular complexity index is 688. The summed E-state index contributed by atoms with van der Waals surface area (Å²) in [7, 11) is 0. The molecule has 124 valence electrons. The fraction of sp³-hybridized carbons (Fsp3) is 0.471. The van der Waals surface area contributed by atoms with Crippen molar-refractivity contribution < 1.29 is 4.79 Å². The highest BCUT2D eigenvalue weighted by Gasteiger charge is 2.35. The van der Waals surface area contributed by atoms with Gasteiger partial charge in [-0.25, -0.2) is 0 Å². The summed E-state index contributed by atoms with van der Waals surface area (Å²) in [6.45, 7) is 5.55. The van der Waals surface area contributed by atoms with Crippen molar-refractivity contribution in [3.8, 4) is 9.75 Å². The lowest BCUT2D eigenvalue weighted by molar-refractivity contribution is 0.0622. The first-order chi connectivity index (χ1) is 10.7. The second kappa shape index (κ2) is 6.93. The summed E-state index contributed by atoms with van der Waals surface area (Å²) in [5.74, 6) is 0.775. The molecule has 2 aromatic rings. The van der Waals surface area contributed by atoms with Crippen LogP contribution in [0.15, 0.2) is 24.3 Å². The van der Waals surface area contributed by atoms with Crippen molar-refractivity contribution in [1.82, 2.24) is 10.2 Å². The number of piperidine rings is 3. The van der Waals surface area contributed by atoms with Gasteiger partial charge in [-0.15, -0.1) is 35.1 Å². The zero-order valence-electron chi connectivity index (χ0n) is 13.1. The Morgan fingerprint density at radius 2 is 1.83 bits per heavy atom. The van der Waals surface area contributed by atoms with E-state index in [4.69, 9.17) is 0 Å². The standard InChI is InChI=1S/C17H20N2OS2.ClH/c1-11-2-3-14(21-11)15-4-5-16(22-15)17(20)18-13-10-19-8-6-12(13)7-9-19;/h2-5,12-13H,6-10H2,1H3,(H,18,20);1H/t13-;/m0./s1. The maximum Gasteiger partial charge on any atom is 0.261 e. The van der Waals surface area contributed by atoms with E-state index in [1.165, 1.54) is 40.6 Å². The maximum absolute atomic E-state index is 12.5. The highest BCUT2D eigenvalue weighted by molar-refractivity contribution is 7.23. The second-order valence-corrected chi connectivity index (χ2v) is 8.66. The van der Waals surface area contributed by atoms with Gasteiger partial charge in [0.25, 0.3) is 5.91 Å². The Morgan fingerprint density at radius 1 is 1.13 bits per heavy atom. The molecule has 3 aliphatic rings. The number of thiophene rings is 2. The molecule has 3 aliphatic heterocycles. The van der Waals surface area contributed by atoms with E-state index in [9.17, 15) is 4.79 Å². The van der Waals surface area contributed by atoms with E-state index in [0.717, 1.165) is 11.4 Å². The summed E-state index contributed by atoms with van der Waals surface area (Å²) < 4.78 is 0. The second-order valence-electron chi connectivity index (χ2n) is 6.29. The quantitative estimate of drug-likeness (QED) is 0.887.